The molecule has 1 aromatic carbocycles. The average Bonchev–Trinajstić information content (AvgIpc) is 3.49. The lowest BCUT2D eigenvalue weighted by atomic mass is 10.1. The van der Waals surface area contributed by atoms with Gasteiger partial charge in [0.2, 0.25) is 5.88 Å². The van der Waals surface area contributed by atoms with E-state index in [0.29, 0.717) is 22.7 Å². The molecular formula is C22H21F3N4O2. The van der Waals surface area contributed by atoms with Crippen LogP contribution in [-0.4, -0.2) is 26.7 Å². The lowest BCUT2D eigenvalue weighted by molar-refractivity contribution is -0.137. The van der Waals surface area contributed by atoms with E-state index in [-0.39, 0.29) is 23.6 Å². The first-order chi connectivity index (χ1) is 14.7. The number of ether oxygens (including phenoxy) is 1. The van der Waals surface area contributed by atoms with Crippen LogP contribution in [0.4, 0.5) is 13.2 Å². The molecule has 0 spiro atoms. The zero-order valence-corrected chi connectivity index (χ0v) is 17.0. The number of carbonyl (C=O) groups excluding carboxylic acids is 1. The standard InChI is InChI=1S/C22H21F3N4O2/c1-13(14-3-4-14)27-20(30)15-11-18(19-9-10-29(2)28-19)21(26-12-15)31-17-7-5-16(6-8-17)22(23,24)25/h5-14H,3-4H2,1-2H3,(H,27,30). The summed E-state index contributed by atoms with van der Waals surface area (Å²) in [5, 5.41) is 7.33. The van der Waals surface area contributed by atoms with Gasteiger partial charge in [0.15, 0.2) is 0 Å². The van der Waals surface area contributed by atoms with Crippen LogP contribution >= 0.6 is 0 Å². The number of rotatable bonds is 6. The average molecular weight is 430 g/mol. The molecule has 1 amide bonds. The van der Waals surface area contributed by atoms with Gasteiger partial charge in [0.1, 0.15) is 5.75 Å². The fourth-order valence-corrected chi connectivity index (χ4v) is 3.23. The first kappa shape index (κ1) is 20.9. The topological polar surface area (TPSA) is 69.0 Å². The second kappa shape index (κ2) is 8.05. The lowest BCUT2D eigenvalue weighted by Crippen LogP contribution is -2.34. The summed E-state index contributed by atoms with van der Waals surface area (Å²) in [6, 6.07) is 7.78. The molecule has 0 saturated heterocycles. The summed E-state index contributed by atoms with van der Waals surface area (Å²) in [5.74, 6) is 0.599. The van der Waals surface area contributed by atoms with E-state index in [9.17, 15) is 18.0 Å². The third-order valence-corrected chi connectivity index (χ3v) is 5.19. The van der Waals surface area contributed by atoms with Crippen LogP contribution in [0.25, 0.3) is 11.3 Å². The van der Waals surface area contributed by atoms with E-state index in [2.05, 4.69) is 15.4 Å². The molecule has 1 saturated carbocycles. The second-order valence-electron chi connectivity index (χ2n) is 7.68. The zero-order valence-electron chi connectivity index (χ0n) is 17.0. The van der Waals surface area contributed by atoms with Crippen molar-refractivity contribution in [1.29, 1.82) is 0 Å². The van der Waals surface area contributed by atoms with Gasteiger partial charge < -0.3 is 10.1 Å². The van der Waals surface area contributed by atoms with Crippen molar-refractivity contribution in [3.8, 4) is 22.9 Å². The van der Waals surface area contributed by atoms with Gasteiger partial charge in [-0.1, -0.05) is 0 Å². The lowest BCUT2D eigenvalue weighted by Gasteiger charge is -2.14. The van der Waals surface area contributed by atoms with Crippen molar-refractivity contribution in [1.82, 2.24) is 20.1 Å². The Morgan fingerprint density at radius 3 is 2.52 bits per heavy atom. The minimum Gasteiger partial charge on any atom is -0.438 e. The highest BCUT2D eigenvalue weighted by Gasteiger charge is 2.30. The van der Waals surface area contributed by atoms with Gasteiger partial charge in [-0.05, 0) is 62.1 Å². The smallest absolute Gasteiger partial charge is 0.416 e. The molecule has 31 heavy (non-hydrogen) atoms. The highest BCUT2D eigenvalue weighted by atomic mass is 19.4. The molecular weight excluding hydrogens is 409 g/mol. The molecule has 3 aromatic rings. The first-order valence-corrected chi connectivity index (χ1v) is 9.87. The van der Waals surface area contributed by atoms with E-state index >= 15 is 0 Å². The molecule has 4 rings (SSSR count). The van der Waals surface area contributed by atoms with E-state index in [1.54, 1.807) is 30.1 Å². The molecule has 6 nitrogen and oxygen atoms in total. The van der Waals surface area contributed by atoms with E-state index in [1.165, 1.54) is 18.3 Å². The molecule has 1 atom stereocenters. The zero-order chi connectivity index (χ0) is 22.2. The molecule has 9 heteroatoms. The normalized spacial score (nSPS) is 14.9. The van der Waals surface area contributed by atoms with Gasteiger partial charge in [0.25, 0.3) is 5.91 Å². The molecule has 2 heterocycles. The van der Waals surface area contributed by atoms with Crippen molar-refractivity contribution < 1.29 is 22.7 Å². The van der Waals surface area contributed by atoms with Crippen LogP contribution < -0.4 is 10.1 Å². The number of aryl methyl sites for hydroxylation is 1. The molecule has 162 valence electrons. The van der Waals surface area contributed by atoms with Crippen LogP contribution in [0.1, 0.15) is 35.7 Å². The van der Waals surface area contributed by atoms with Gasteiger partial charge in [0, 0.05) is 25.5 Å². The van der Waals surface area contributed by atoms with E-state index < -0.39 is 11.7 Å². The molecule has 1 aliphatic rings. The predicted octanol–water partition coefficient (Wildman–Crippen LogP) is 4.82. The molecule has 0 aliphatic heterocycles. The van der Waals surface area contributed by atoms with Crippen LogP contribution in [0.3, 0.4) is 0 Å². The summed E-state index contributed by atoms with van der Waals surface area (Å²) >= 11 is 0. The third kappa shape index (κ3) is 4.87. The molecule has 2 aromatic heterocycles. The van der Waals surface area contributed by atoms with Crippen molar-refractivity contribution in [2.24, 2.45) is 13.0 Å². The van der Waals surface area contributed by atoms with E-state index in [1.807, 2.05) is 6.92 Å². The Morgan fingerprint density at radius 1 is 1.23 bits per heavy atom. The van der Waals surface area contributed by atoms with E-state index in [0.717, 1.165) is 25.0 Å². The van der Waals surface area contributed by atoms with Crippen molar-refractivity contribution in [2.75, 3.05) is 0 Å². The van der Waals surface area contributed by atoms with Gasteiger partial charge >= 0.3 is 6.18 Å². The Bertz CT molecular complexity index is 1090. The number of carbonyl (C=O) groups is 1. The van der Waals surface area contributed by atoms with Gasteiger partial charge in [0.05, 0.1) is 22.4 Å². The monoisotopic (exact) mass is 430 g/mol. The number of pyridine rings is 1. The fourth-order valence-electron chi connectivity index (χ4n) is 3.23. The van der Waals surface area contributed by atoms with Crippen molar-refractivity contribution >= 4 is 5.91 Å². The Labute approximate surface area is 177 Å². The third-order valence-electron chi connectivity index (χ3n) is 5.19. The number of halogens is 3. The molecule has 0 radical (unpaired) electrons. The first-order valence-electron chi connectivity index (χ1n) is 9.87. The molecule has 0 bridgehead atoms. The van der Waals surface area contributed by atoms with Gasteiger partial charge in [-0.3, -0.25) is 9.48 Å². The molecule has 1 fully saturated rings. The molecule has 1 aliphatic carbocycles. The predicted molar refractivity (Wildman–Crippen MR) is 108 cm³/mol. The molecule has 1 N–H and O–H groups in total. The summed E-state index contributed by atoms with van der Waals surface area (Å²) in [5.41, 5.74) is 0.580. The number of nitrogens with one attached hydrogen (secondary N) is 1. The summed E-state index contributed by atoms with van der Waals surface area (Å²) in [4.78, 5) is 16.9. The van der Waals surface area contributed by atoms with Crippen LogP contribution in [-0.2, 0) is 13.2 Å². The minimum atomic E-state index is -4.43. The van der Waals surface area contributed by atoms with Gasteiger partial charge in [-0.25, -0.2) is 4.98 Å². The van der Waals surface area contributed by atoms with Crippen LogP contribution in [0.5, 0.6) is 11.6 Å². The number of hydrogen-bond acceptors (Lipinski definition) is 4. The maximum absolute atomic E-state index is 12.8. The maximum Gasteiger partial charge on any atom is 0.416 e. The summed E-state index contributed by atoms with van der Waals surface area (Å²) < 4.78 is 45.7. The highest BCUT2D eigenvalue weighted by molar-refractivity contribution is 5.95. The Balaban J connectivity index is 1.62. The number of benzene rings is 1. The Kier molecular flexibility index (Phi) is 5.43. The van der Waals surface area contributed by atoms with Crippen LogP contribution in [0.15, 0.2) is 48.8 Å². The second-order valence-corrected chi connectivity index (χ2v) is 7.68. The summed E-state index contributed by atoms with van der Waals surface area (Å²) in [6.45, 7) is 1.98. The summed E-state index contributed by atoms with van der Waals surface area (Å²) in [7, 11) is 1.75. The van der Waals surface area contributed by atoms with Crippen molar-refractivity contribution in [3.63, 3.8) is 0 Å². The number of aromatic nitrogens is 3. The van der Waals surface area contributed by atoms with Crippen LogP contribution in [0.2, 0.25) is 0 Å². The quantitative estimate of drug-likeness (QED) is 0.609. The number of hydrogen-bond donors (Lipinski definition) is 1. The molecule has 1 unspecified atom stereocenters. The highest BCUT2D eigenvalue weighted by Crippen LogP contribution is 2.35. The number of alkyl halides is 3. The van der Waals surface area contributed by atoms with E-state index in [4.69, 9.17) is 4.74 Å². The summed E-state index contributed by atoms with van der Waals surface area (Å²) in [6.07, 6.45) is 0.917. The number of amides is 1. The maximum atomic E-state index is 12.8. The minimum absolute atomic E-state index is 0.0777. The largest absolute Gasteiger partial charge is 0.438 e. The van der Waals surface area contributed by atoms with Gasteiger partial charge in [-0.2, -0.15) is 18.3 Å². The fraction of sp³-hybridized carbons (Fsp3) is 0.318. The van der Waals surface area contributed by atoms with Crippen molar-refractivity contribution in [3.05, 3.63) is 59.9 Å². The Morgan fingerprint density at radius 2 is 1.94 bits per heavy atom. The Hall–Kier alpha value is -3.36. The number of nitrogens with zero attached hydrogens (tertiary/aromatic N) is 3. The van der Waals surface area contributed by atoms with Crippen molar-refractivity contribution in [2.45, 2.75) is 32.0 Å². The van der Waals surface area contributed by atoms with Gasteiger partial charge in [-0.15, -0.1) is 0 Å². The van der Waals surface area contributed by atoms with Crippen LogP contribution in [0, 0.1) is 5.92 Å². The SMILES string of the molecule is CC(NC(=O)c1cnc(Oc2ccc(C(F)(F)F)cc2)c(-c2ccn(C)n2)c1)C1CC1.